The molecule has 0 radical (unpaired) electrons. The van der Waals surface area contributed by atoms with Crippen LogP contribution in [0.25, 0.3) is 5.95 Å². The van der Waals surface area contributed by atoms with Crippen molar-refractivity contribution in [2.45, 2.75) is 18.9 Å². The second kappa shape index (κ2) is 5.06. The lowest BCUT2D eigenvalue weighted by molar-refractivity contribution is 0.164. The van der Waals surface area contributed by atoms with Gasteiger partial charge in [-0.25, -0.2) is 4.98 Å². The van der Waals surface area contributed by atoms with Gasteiger partial charge in [-0.2, -0.15) is 24.7 Å². The van der Waals surface area contributed by atoms with Crippen molar-refractivity contribution in [1.82, 2.24) is 29.7 Å². The molecule has 3 rings (SSSR count). The third kappa shape index (κ3) is 2.96. The number of aliphatic hydroxyl groups is 1. The van der Waals surface area contributed by atoms with Gasteiger partial charge in [-0.3, -0.25) is 0 Å². The molecular formula is C10H12ClN7O. The normalized spacial score (nSPS) is 16.3. The molecule has 1 aliphatic carbocycles. The molecule has 2 heterocycles. The average molecular weight is 282 g/mol. The molecule has 1 saturated carbocycles. The first-order chi connectivity index (χ1) is 9.22. The van der Waals surface area contributed by atoms with Crippen molar-refractivity contribution in [3.05, 3.63) is 17.9 Å². The van der Waals surface area contributed by atoms with Crippen LogP contribution < -0.4 is 5.32 Å². The van der Waals surface area contributed by atoms with E-state index in [9.17, 15) is 5.11 Å². The van der Waals surface area contributed by atoms with Gasteiger partial charge in [0, 0.05) is 6.54 Å². The van der Waals surface area contributed by atoms with Gasteiger partial charge >= 0.3 is 0 Å². The number of hydrogen-bond donors (Lipinski definition) is 2. The zero-order chi connectivity index (χ0) is 13.2. The van der Waals surface area contributed by atoms with Crippen LogP contribution in [0.2, 0.25) is 5.28 Å². The molecular weight excluding hydrogens is 270 g/mol. The molecule has 19 heavy (non-hydrogen) atoms. The minimum Gasteiger partial charge on any atom is -0.391 e. The highest BCUT2D eigenvalue weighted by molar-refractivity contribution is 6.28. The molecule has 1 unspecified atom stereocenters. The largest absolute Gasteiger partial charge is 0.391 e. The Bertz CT molecular complexity index is 557. The van der Waals surface area contributed by atoms with E-state index >= 15 is 0 Å². The molecule has 9 heteroatoms. The maximum Gasteiger partial charge on any atom is 0.258 e. The first-order valence-electron chi connectivity index (χ1n) is 5.91. The van der Waals surface area contributed by atoms with Gasteiger partial charge in [0.15, 0.2) is 0 Å². The molecule has 0 amide bonds. The van der Waals surface area contributed by atoms with Crippen molar-refractivity contribution in [1.29, 1.82) is 0 Å². The Kier molecular flexibility index (Phi) is 3.26. The van der Waals surface area contributed by atoms with Gasteiger partial charge in [-0.05, 0) is 30.4 Å². The van der Waals surface area contributed by atoms with Gasteiger partial charge in [0.25, 0.3) is 5.95 Å². The smallest absolute Gasteiger partial charge is 0.258 e. The van der Waals surface area contributed by atoms with E-state index in [1.54, 1.807) is 0 Å². The summed E-state index contributed by atoms with van der Waals surface area (Å²) >= 11 is 5.83. The van der Waals surface area contributed by atoms with Crippen molar-refractivity contribution >= 4 is 17.5 Å². The van der Waals surface area contributed by atoms with E-state index in [0.29, 0.717) is 18.4 Å². The summed E-state index contributed by atoms with van der Waals surface area (Å²) in [7, 11) is 0. The molecule has 2 aromatic heterocycles. The van der Waals surface area contributed by atoms with Crippen molar-refractivity contribution in [2.75, 3.05) is 11.9 Å². The molecule has 0 aromatic carbocycles. The first kappa shape index (κ1) is 12.2. The fraction of sp³-hybridized carbons (Fsp3) is 0.500. The van der Waals surface area contributed by atoms with Crippen molar-refractivity contribution < 1.29 is 5.11 Å². The summed E-state index contributed by atoms with van der Waals surface area (Å²) in [5.41, 5.74) is 0. The van der Waals surface area contributed by atoms with Gasteiger partial charge in [0.05, 0.1) is 6.10 Å². The van der Waals surface area contributed by atoms with Crippen LogP contribution in [0.3, 0.4) is 0 Å². The second-order valence-corrected chi connectivity index (χ2v) is 4.69. The van der Waals surface area contributed by atoms with Gasteiger partial charge in [0.1, 0.15) is 12.7 Å². The minimum atomic E-state index is -0.384. The minimum absolute atomic E-state index is 0.0592. The van der Waals surface area contributed by atoms with Crippen LogP contribution in [0.1, 0.15) is 12.8 Å². The van der Waals surface area contributed by atoms with Gasteiger partial charge in [0.2, 0.25) is 11.2 Å². The summed E-state index contributed by atoms with van der Waals surface area (Å²) < 4.78 is 1.38. The van der Waals surface area contributed by atoms with Crippen molar-refractivity contribution in [3.8, 4) is 5.95 Å². The molecule has 1 aliphatic rings. The number of nitrogens with zero attached hydrogens (tertiary/aromatic N) is 6. The Hall–Kier alpha value is -1.80. The molecule has 100 valence electrons. The number of anilines is 1. The average Bonchev–Trinajstić information content (AvgIpc) is 3.10. The monoisotopic (exact) mass is 281 g/mol. The van der Waals surface area contributed by atoms with Crippen LogP contribution >= 0.6 is 11.6 Å². The van der Waals surface area contributed by atoms with Crippen LogP contribution in [0.15, 0.2) is 12.7 Å². The quantitative estimate of drug-likeness (QED) is 0.812. The molecule has 0 spiro atoms. The van der Waals surface area contributed by atoms with Gasteiger partial charge < -0.3 is 10.4 Å². The van der Waals surface area contributed by atoms with E-state index < -0.39 is 0 Å². The Morgan fingerprint density at radius 1 is 1.42 bits per heavy atom. The number of rotatable bonds is 5. The number of nitrogens with one attached hydrogen (secondary N) is 1. The lowest BCUT2D eigenvalue weighted by atomic mass is 10.2. The Morgan fingerprint density at radius 3 is 2.95 bits per heavy atom. The Labute approximate surface area is 113 Å². The number of halogens is 1. The summed E-state index contributed by atoms with van der Waals surface area (Å²) in [5.74, 6) is 0.978. The third-order valence-electron chi connectivity index (χ3n) is 2.86. The summed E-state index contributed by atoms with van der Waals surface area (Å²) in [6, 6.07) is 0. The SMILES string of the molecule is OC(CNc1nc(Cl)nc(-n2cncn2)n1)C1CC1. The molecule has 0 aliphatic heterocycles. The zero-order valence-corrected chi connectivity index (χ0v) is 10.7. The van der Waals surface area contributed by atoms with Crippen LogP contribution in [-0.2, 0) is 0 Å². The van der Waals surface area contributed by atoms with Crippen LogP contribution in [0.5, 0.6) is 0 Å². The van der Waals surface area contributed by atoms with E-state index in [-0.39, 0.29) is 17.3 Å². The molecule has 1 atom stereocenters. The molecule has 0 bridgehead atoms. The van der Waals surface area contributed by atoms with Gasteiger partial charge in [-0.15, -0.1) is 0 Å². The second-order valence-electron chi connectivity index (χ2n) is 4.35. The van der Waals surface area contributed by atoms with Crippen LogP contribution in [0, 0.1) is 5.92 Å². The summed E-state index contributed by atoms with van der Waals surface area (Å²) in [5, 5.41) is 16.7. The first-order valence-corrected chi connectivity index (χ1v) is 6.28. The van der Waals surface area contributed by atoms with Gasteiger partial charge in [-0.1, -0.05) is 0 Å². The van der Waals surface area contributed by atoms with Crippen LogP contribution in [-0.4, -0.2) is 47.5 Å². The lowest BCUT2D eigenvalue weighted by Crippen LogP contribution is -2.22. The molecule has 2 N–H and O–H groups in total. The topological polar surface area (TPSA) is 102 Å². The standard InChI is InChI=1S/C10H12ClN7O/c11-8-15-9(13-3-7(19)6-1-2-6)17-10(16-8)18-5-12-4-14-18/h4-7,19H,1-3H2,(H,13,15,16,17). The number of hydrogen-bond acceptors (Lipinski definition) is 7. The zero-order valence-electron chi connectivity index (χ0n) is 9.94. The Morgan fingerprint density at radius 2 is 2.26 bits per heavy atom. The van der Waals surface area contributed by atoms with E-state index in [2.05, 4.69) is 30.4 Å². The Balaban J connectivity index is 1.74. The predicted octanol–water partition coefficient (Wildman–Crippen LogP) is 0.288. The maximum atomic E-state index is 9.78. The van der Waals surface area contributed by atoms with Crippen molar-refractivity contribution in [2.24, 2.45) is 5.92 Å². The van der Waals surface area contributed by atoms with Crippen molar-refractivity contribution in [3.63, 3.8) is 0 Å². The van der Waals surface area contributed by atoms with E-state index in [1.807, 2.05) is 0 Å². The molecule has 1 fully saturated rings. The highest BCUT2D eigenvalue weighted by atomic mass is 35.5. The summed E-state index contributed by atoms with van der Waals surface area (Å²) in [4.78, 5) is 15.9. The molecule has 2 aromatic rings. The van der Waals surface area contributed by atoms with Crippen LogP contribution in [0.4, 0.5) is 5.95 Å². The molecule has 0 saturated heterocycles. The maximum absolute atomic E-state index is 9.78. The highest BCUT2D eigenvalue weighted by Gasteiger charge is 2.29. The van der Waals surface area contributed by atoms with E-state index in [1.165, 1.54) is 17.3 Å². The predicted molar refractivity (Wildman–Crippen MR) is 67.0 cm³/mol. The van der Waals surface area contributed by atoms with E-state index in [4.69, 9.17) is 11.6 Å². The lowest BCUT2D eigenvalue weighted by Gasteiger charge is -2.10. The van der Waals surface area contributed by atoms with E-state index in [0.717, 1.165) is 12.8 Å². The highest BCUT2D eigenvalue weighted by Crippen LogP contribution is 2.32. The fourth-order valence-corrected chi connectivity index (χ4v) is 1.83. The molecule has 8 nitrogen and oxygen atoms in total. The number of aromatic nitrogens is 6. The third-order valence-corrected chi connectivity index (χ3v) is 3.02. The summed E-state index contributed by atoms with van der Waals surface area (Å²) in [6.07, 6.45) is 4.61. The fourth-order valence-electron chi connectivity index (χ4n) is 1.68. The number of aliphatic hydroxyl groups excluding tert-OH is 1. The summed E-state index contributed by atoms with van der Waals surface area (Å²) in [6.45, 7) is 0.391.